The fraction of sp³-hybridized carbons (Fsp3) is 0.357. The van der Waals surface area contributed by atoms with Crippen molar-refractivity contribution >= 4 is 5.91 Å². The molecule has 1 aromatic carbocycles. The van der Waals surface area contributed by atoms with E-state index in [2.05, 4.69) is 15.5 Å². The van der Waals surface area contributed by atoms with Crippen molar-refractivity contribution < 1.29 is 9.32 Å². The predicted octanol–water partition coefficient (Wildman–Crippen LogP) is 1.92. The van der Waals surface area contributed by atoms with Crippen LogP contribution in [0.2, 0.25) is 0 Å². The molecule has 1 fully saturated rings. The van der Waals surface area contributed by atoms with E-state index in [1.807, 2.05) is 18.2 Å². The van der Waals surface area contributed by atoms with E-state index in [0.717, 1.165) is 18.7 Å². The molecule has 3 rings (SSSR count). The number of hydrogen-bond donors (Lipinski definition) is 1. The standard InChI is InChI=1S/C14H15N3O2/c18-13(10-4-2-1-3-5-10)15-9-8-12-16-14(19-17-12)11-6-7-11/h1-5,11H,6-9H2,(H,15,18). The molecule has 0 radical (unpaired) electrons. The summed E-state index contributed by atoms with van der Waals surface area (Å²) in [4.78, 5) is 16.1. The quantitative estimate of drug-likeness (QED) is 0.888. The van der Waals surface area contributed by atoms with Gasteiger partial charge < -0.3 is 9.84 Å². The summed E-state index contributed by atoms with van der Waals surface area (Å²) in [7, 11) is 0. The smallest absolute Gasteiger partial charge is 0.251 e. The highest BCUT2D eigenvalue weighted by Crippen LogP contribution is 2.38. The van der Waals surface area contributed by atoms with Crippen molar-refractivity contribution in [2.45, 2.75) is 25.2 Å². The molecular formula is C14H15N3O2. The summed E-state index contributed by atoms with van der Waals surface area (Å²) in [5.41, 5.74) is 0.661. The first kappa shape index (κ1) is 11.9. The number of benzene rings is 1. The van der Waals surface area contributed by atoms with Crippen LogP contribution in [0.25, 0.3) is 0 Å². The molecule has 0 spiro atoms. The SMILES string of the molecule is O=C(NCCc1noc(C2CC2)n1)c1ccccc1. The second-order valence-corrected chi connectivity index (χ2v) is 4.70. The number of carbonyl (C=O) groups excluding carboxylic acids is 1. The largest absolute Gasteiger partial charge is 0.352 e. The van der Waals surface area contributed by atoms with E-state index in [0.29, 0.717) is 30.3 Å². The lowest BCUT2D eigenvalue weighted by Gasteiger charge is -2.02. The summed E-state index contributed by atoms with van der Waals surface area (Å²) in [5, 5.41) is 6.75. The number of rotatable bonds is 5. The maximum absolute atomic E-state index is 11.8. The Morgan fingerprint density at radius 1 is 1.32 bits per heavy atom. The molecule has 1 aliphatic carbocycles. The van der Waals surface area contributed by atoms with Gasteiger partial charge in [0, 0.05) is 24.4 Å². The van der Waals surface area contributed by atoms with Crippen LogP contribution in [0.1, 0.15) is 40.8 Å². The Morgan fingerprint density at radius 3 is 2.84 bits per heavy atom. The van der Waals surface area contributed by atoms with Crippen molar-refractivity contribution in [3.05, 3.63) is 47.6 Å². The first-order valence-corrected chi connectivity index (χ1v) is 6.48. The predicted molar refractivity (Wildman–Crippen MR) is 68.8 cm³/mol. The van der Waals surface area contributed by atoms with Crippen LogP contribution >= 0.6 is 0 Å². The Morgan fingerprint density at radius 2 is 2.11 bits per heavy atom. The number of amides is 1. The molecular weight excluding hydrogens is 242 g/mol. The van der Waals surface area contributed by atoms with Gasteiger partial charge in [-0.2, -0.15) is 4.98 Å². The molecule has 1 aliphatic rings. The van der Waals surface area contributed by atoms with Gasteiger partial charge >= 0.3 is 0 Å². The minimum Gasteiger partial charge on any atom is -0.352 e. The van der Waals surface area contributed by atoms with Gasteiger partial charge in [0.05, 0.1) is 0 Å². The van der Waals surface area contributed by atoms with Crippen LogP contribution in [0, 0.1) is 0 Å². The molecule has 5 nitrogen and oxygen atoms in total. The Bertz CT molecular complexity index is 561. The highest BCUT2D eigenvalue weighted by atomic mass is 16.5. The van der Waals surface area contributed by atoms with Gasteiger partial charge in [0.1, 0.15) is 0 Å². The van der Waals surface area contributed by atoms with Gasteiger partial charge in [-0.3, -0.25) is 4.79 Å². The lowest BCUT2D eigenvalue weighted by atomic mass is 10.2. The highest BCUT2D eigenvalue weighted by molar-refractivity contribution is 5.94. The van der Waals surface area contributed by atoms with Crippen LogP contribution in [0.4, 0.5) is 0 Å². The molecule has 5 heteroatoms. The van der Waals surface area contributed by atoms with Crippen molar-refractivity contribution in [1.29, 1.82) is 0 Å². The van der Waals surface area contributed by atoms with Gasteiger partial charge in [-0.15, -0.1) is 0 Å². The van der Waals surface area contributed by atoms with Gasteiger partial charge in [0.2, 0.25) is 5.89 Å². The van der Waals surface area contributed by atoms with Crippen LogP contribution in [-0.4, -0.2) is 22.6 Å². The second kappa shape index (κ2) is 5.22. The maximum Gasteiger partial charge on any atom is 0.251 e. The summed E-state index contributed by atoms with van der Waals surface area (Å²) in [6.45, 7) is 0.511. The third kappa shape index (κ3) is 2.99. The first-order chi connectivity index (χ1) is 9.33. The molecule has 2 aromatic rings. The lowest BCUT2D eigenvalue weighted by Crippen LogP contribution is -2.25. The van der Waals surface area contributed by atoms with Crippen molar-refractivity contribution in [2.24, 2.45) is 0 Å². The minimum absolute atomic E-state index is 0.0773. The minimum atomic E-state index is -0.0773. The topological polar surface area (TPSA) is 68.0 Å². The van der Waals surface area contributed by atoms with Gasteiger partial charge in [-0.05, 0) is 25.0 Å². The Balaban J connectivity index is 1.48. The van der Waals surface area contributed by atoms with Gasteiger partial charge in [-0.25, -0.2) is 0 Å². The van der Waals surface area contributed by atoms with Crippen LogP contribution in [0.5, 0.6) is 0 Å². The molecule has 0 saturated heterocycles. The molecule has 0 aliphatic heterocycles. The zero-order valence-corrected chi connectivity index (χ0v) is 10.5. The van der Waals surface area contributed by atoms with E-state index in [9.17, 15) is 4.79 Å². The summed E-state index contributed by atoms with van der Waals surface area (Å²) in [6.07, 6.45) is 2.88. The normalized spacial score (nSPS) is 14.3. The monoisotopic (exact) mass is 257 g/mol. The fourth-order valence-corrected chi connectivity index (χ4v) is 1.84. The van der Waals surface area contributed by atoms with Crippen LogP contribution < -0.4 is 5.32 Å². The van der Waals surface area contributed by atoms with E-state index in [4.69, 9.17) is 4.52 Å². The van der Waals surface area contributed by atoms with Crippen LogP contribution in [0.3, 0.4) is 0 Å². The van der Waals surface area contributed by atoms with Crippen LogP contribution in [0.15, 0.2) is 34.9 Å². The van der Waals surface area contributed by atoms with Crippen LogP contribution in [-0.2, 0) is 6.42 Å². The lowest BCUT2D eigenvalue weighted by molar-refractivity contribution is 0.0954. The number of hydrogen-bond acceptors (Lipinski definition) is 4. The molecule has 19 heavy (non-hydrogen) atoms. The zero-order chi connectivity index (χ0) is 13.1. The van der Waals surface area contributed by atoms with Crippen molar-refractivity contribution in [1.82, 2.24) is 15.5 Å². The van der Waals surface area contributed by atoms with E-state index < -0.39 is 0 Å². The Hall–Kier alpha value is -2.17. The molecule has 1 amide bonds. The molecule has 98 valence electrons. The summed E-state index contributed by atoms with van der Waals surface area (Å²) in [6, 6.07) is 9.14. The summed E-state index contributed by atoms with van der Waals surface area (Å²) in [5.74, 6) is 1.80. The number of aromatic nitrogens is 2. The van der Waals surface area contributed by atoms with Gasteiger partial charge in [-0.1, -0.05) is 23.4 Å². The average Bonchev–Trinajstić information content (AvgIpc) is 3.20. The Labute approximate surface area is 111 Å². The van der Waals surface area contributed by atoms with E-state index in [1.54, 1.807) is 12.1 Å². The third-order valence-corrected chi connectivity index (χ3v) is 3.08. The van der Waals surface area contributed by atoms with E-state index >= 15 is 0 Å². The zero-order valence-electron chi connectivity index (χ0n) is 10.5. The molecule has 0 bridgehead atoms. The number of carbonyl (C=O) groups is 1. The van der Waals surface area contributed by atoms with E-state index in [-0.39, 0.29) is 5.91 Å². The van der Waals surface area contributed by atoms with Crippen molar-refractivity contribution in [2.75, 3.05) is 6.54 Å². The molecule has 1 heterocycles. The highest BCUT2D eigenvalue weighted by Gasteiger charge is 2.29. The molecule has 0 atom stereocenters. The number of nitrogens with zero attached hydrogens (tertiary/aromatic N) is 2. The molecule has 1 N–H and O–H groups in total. The van der Waals surface area contributed by atoms with Crippen molar-refractivity contribution in [3.8, 4) is 0 Å². The first-order valence-electron chi connectivity index (χ1n) is 6.48. The van der Waals surface area contributed by atoms with E-state index in [1.165, 1.54) is 0 Å². The molecule has 0 unspecified atom stereocenters. The second-order valence-electron chi connectivity index (χ2n) is 4.70. The average molecular weight is 257 g/mol. The Kier molecular flexibility index (Phi) is 3.27. The van der Waals surface area contributed by atoms with Gasteiger partial charge in [0.25, 0.3) is 5.91 Å². The van der Waals surface area contributed by atoms with Crippen molar-refractivity contribution in [3.63, 3.8) is 0 Å². The maximum atomic E-state index is 11.8. The third-order valence-electron chi connectivity index (χ3n) is 3.08. The summed E-state index contributed by atoms with van der Waals surface area (Å²) >= 11 is 0. The fourth-order valence-electron chi connectivity index (χ4n) is 1.84. The number of nitrogens with one attached hydrogen (secondary N) is 1. The van der Waals surface area contributed by atoms with Gasteiger partial charge in [0.15, 0.2) is 5.82 Å². The summed E-state index contributed by atoms with van der Waals surface area (Å²) < 4.78 is 5.16. The molecule has 1 aromatic heterocycles. The molecule has 1 saturated carbocycles.